The van der Waals surface area contributed by atoms with Gasteiger partial charge in [0.2, 0.25) is 5.91 Å². The van der Waals surface area contributed by atoms with Gasteiger partial charge in [0, 0.05) is 57.6 Å². The summed E-state index contributed by atoms with van der Waals surface area (Å²) in [6.45, 7) is 16.9. The van der Waals surface area contributed by atoms with E-state index in [-0.39, 0.29) is 71.0 Å². The minimum atomic E-state index is -1.72. The number of benzene rings is 4. The Balaban J connectivity index is 0.840. The summed E-state index contributed by atoms with van der Waals surface area (Å²) >= 11 is 18.6. The van der Waals surface area contributed by atoms with Crippen molar-refractivity contribution in [3.05, 3.63) is 128 Å². The Morgan fingerprint density at radius 3 is 1.93 bits per heavy atom. The lowest BCUT2D eigenvalue weighted by molar-refractivity contribution is -0.164. The van der Waals surface area contributed by atoms with Crippen molar-refractivity contribution in [1.29, 1.82) is 10.5 Å². The number of hydrogen-bond donors (Lipinski definition) is 3. The van der Waals surface area contributed by atoms with Gasteiger partial charge in [0.1, 0.15) is 47.3 Å². The molecule has 4 aromatic carbocycles. The molecule has 13 nitrogen and oxygen atoms in total. The first kappa shape index (κ1) is 57.2. The molecule has 3 N–H and O–H groups in total. The van der Waals surface area contributed by atoms with Crippen LogP contribution in [0.3, 0.4) is 0 Å². The first-order valence-corrected chi connectivity index (χ1v) is 25.3. The van der Waals surface area contributed by atoms with Gasteiger partial charge in [-0.25, -0.2) is 8.78 Å². The van der Waals surface area contributed by atoms with Crippen LogP contribution in [-0.2, 0) is 29.2 Å². The molecule has 2 fully saturated rings. The van der Waals surface area contributed by atoms with Gasteiger partial charge in [0.25, 0.3) is 5.91 Å². The molecule has 0 spiro atoms. The molecule has 73 heavy (non-hydrogen) atoms. The quantitative estimate of drug-likeness (QED) is 0.0570. The summed E-state index contributed by atoms with van der Waals surface area (Å²) in [6, 6.07) is 22.7. The zero-order valence-corrected chi connectivity index (χ0v) is 44.5. The van der Waals surface area contributed by atoms with E-state index in [0.29, 0.717) is 73.7 Å². The maximum atomic E-state index is 15.9. The highest BCUT2D eigenvalue weighted by molar-refractivity contribution is 6.32. The number of nitrogens with zero attached hydrogens (tertiary/aromatic N) is 2. The van der Waals surface area contributed by atoms with Gasteiger partial charge >= 0.3 is 0 Å². The summed E-state index contributed by atoms with van der Waals surface area (Å²) in [7, 11) is 0. The zero-order valence-electron chi connectivity index (χ0n) is 42.2. The number of rotatable bonds is 24. The molecule has 1 aliphatic heterocycles. The molecule has 3 unspecified atom stereocenters. The van der Waals surface area contributed by atoms with Crippen LogP contribution in [0.5, 0.6) is 11.5 Å². The van der Waals surface area contributed by atoms with Crippen LogP contribution in [0, 0.1) is 50.5 Å². The number of nitrogens with one attached hydrogen (secondary N) is 3. The first-order valence-electron chi connectivity index (χ1n) is 24.2. The Morgan fingerprint density at radius 1 is 0.753 bits per heavy atom. The lowest BCUT2D eigenvalue weighted by atomic mass is 9.49. The largest absolute Gasteiger partial charge is 0.491 e. The molecule has 4 atom stereocenters. The molecule has 2 amide bonds. The second-order valence-electron chi connectivity index (χ2n) is 20.6. The molecule has 0 bridgehead atoms. The van der Waals surface area contributed by atoms with E-state index in [0.717, 1.165) is 6.07 Å². The fourth-order valence-electron chi connectivity index (χ4n) is 10.4. The van der Waals surface area contributed by atoms with E-state index in [4.69, 9.17) is 63.2 Å². The molecule has 18 heteroatoms. The molecule has 1 saturated heterocycles. The number of carbonyl (C=O) groups is 2. The molecule has 1 saturated carbocycles. The van der Waals surface area contributed by atoms with Crippen molar-refractivity contribution < 1.29 is 46.8 Å². The standard InChI is InChI=1S/C55H64Cl3F2N5O8/c1-52(2,3)31-44-55(33-62,40-18-14-36(56)29-43(40)59)45(39-9-8-10-41(57)46(39)60)47(64-44)49(67)63-19-20-68-21-22-69-23-24-70-25-26-71-27-28-72-37-15-11-34(12-16-37)48(66)65-50-53(4,5)51(54(50,6)7)73-38-17-13-35(32-61)42(58)30-38/h8-18,29-30,44-45,47,50-51,64H,19-28,31H2,1-7H3,(H,63,67)(H,65,66)/t44?,45?,47?,50-,51-,55-/m0/s1. The van der Waals surface area contributed by atoms with Crippen molar-refractivity contribution in [2.45, 2.75) is 90.4 Å². The smallest absolute Gasteiger partial charge is 0.251 e. The van der Waals surface area contributed by atoms with Gasteiger partial charge in [-0.2, -0.15) is 10.5 Å². The average molecular weight is 1070 g/mol. The SMILES string of the molecule is CC(C)(C)CC1NC(C(=O)NCCOCCOCCOCCOCCOc2ccc(C(=O)N[C@H]3C(C)(C)[C@H](Oc4ccc(C#N)c(Cl)c4)C3(C)C)cc2)C(c2cccc(Cl)c2F)[C@@]1(C#N)c1ccc(Cl)cc1F. The van der Waals surface area contributed by atoms with Crippen LogP contribution < -0.4 is 25.4 Å². The summed E-state index contributed by atoms with van der Waals surface area (Å²) in [4.78, 5) is 27.3. The van der Waals surface area contributed by atoms with Gasteiger partial charge in [-0.3, -0.25) is 9.59 Å². The van der Waals surface area contributed by atoms with E-state index < -0.39 is 51.8 Å². The molecular weight excluding hydrogens is 1000 g/mol. The molecule has 4 aromatic rings. The van der Waals surface area contributed by atoms with Crippen LogP contribution in [0.2, 0.25) is 15.1 Å². The maximum absolute atomic E-state index is 15.9. The van der Waals surface area contributed by atoms with Gasteiger partial charge in [-0.1, -0.05) is 101 Å². The highest BCUT2D eigenvalue weighted by Crippen LogP contribution is 2.56. The molecule has 2 aliphatic rings. The van der Waals surface area contributed by atoms with Crippen molar-refractivity contribution in [2.75, 3.05) is 66.0 Å². The summed E-state index contributed by atoms with van der Waals surface area (Å²) in [5.74, 6) is -2.23. The van der Waals surface area contributed by atoms with E-state index >= 15 is 8.78 Å². The Bertz CT molecular complexity index is 2620. The van der Waals surface area contributed by atoms with Crippen LogP contribution >= 0.6 is 34.8 Å². The number of nitriles is 2. The van der Waals surface area contributed by atoms with Crippen LogP contribution in [-0.4, -0.2) is 102 Å². The minimum absolute atomic E-state index is 0.00462. The van der Waals surface area contributed by atoms with Gasteiger partial charge in [-0.15, -0.1) is 0 Å². The molecule has 1 aliphatic carbocycles. The summed E-state index contributed by atoms with van der Waals surface area (Å²) in [5, 5.41) is 29.8. The molecule has 0 aromatic heterocycles. The second kappa shape index (κ2) is 25.0. The van der Waals surface area contributed by atoms with E-state index in [1.54, 1.807) is 48.5 Å². The molecule has 1 heterocycles. The lowest BCUT2D eigenvalue weighted by Crippen LogP contribution is -2.74. The zero-order chi connectivity index (χ0) is 53.1. The number of hydrogen-bond acceptors (Lipinski definition) is 11. The predicted octanol–water partition coefficient (Wildman–Crippen LogP) is 9.99. The fraction of sp³-hybridized carbons (Fsp3) is 0.491. The lowest BCUT2D eigenvalue weighted by Gasteiger charge is -2.63. The Hall–Kier alpha value is -5.07. The van der Waals surface area contributed by atoms with E-state index in [9.17, 15) is 20.1 Å². The van der Waals surface area contributed by atoms with Crippen LogP contribution in [0.15, 0.2) is 78.9 Å². The van der Waals surface area contributed by atoms with Crippen molar-refractivity contribution in [3.8, 4) is 23.6 Å². The second-order valence-corrected chi connectivity index (χ2v) is 21.9. The third-order valence-electron chi connectivity index (χ3n) is 13.4. The van der Waals surface area contributed by atoms with E-state index in [2.05, 4.69) is 55.8 Å². The Kier molecular flexibility index (Phi) is 19.6. The van der Waals surface area contributed by atoms with Crippen LogP contribution in [0.1, 0.15) is 87.9 Å². The van der Waals surface area contributed by atoms with E-state index in [1.807, 2.05) is 20.8 Å². The number of carbonyl (C=O) groups excluding carboxylic acids is 2. The van der Waals surface area contributed by atoms with Crippen molar-refractivity contribution in [2.24, 2.45) is 16.2 Å². The van der Waals surface area contributed by atoms with Gasteiger partial charge in [0.15, 0.2) is 0 Å². The number of ether oxygens (including phenoxy) is 6. The Morgan fingerprint density at radius 2 is 1.36 bits per heavy atom. The first-order chi connectivity index (χ1) is 34.6. The third kappa shape index (κ3) is 13.6. The van der Waals surface area contributed by atoms with Crippen LogP contribution in [0.25, 0.3) is 0 Å². The maximum Gasteiger partial charge on any atom is 0.251 e. The van der Waals surface area contributed by atoms with E-state index in [1.165, 1.54) is 24.3 Å². The minimum Gasteiger partial charge on any atom is -0.491 e. The normalized spacial score (nSPS) is 21.9. The molecule has 6 rings (SSSR count). The molecular formula is C55H64Cl3F2N5O8. The predicted molar refractivity (Wildman–Crippen MR) is 275 cm³/mol. The monoisotopic (exact) mass is 1070 g/mol. The number of halogens is 5. The third-order valence-corrected chi connectivity index (χ3v) is 14.3. The number of amides is 2. The van der Waals surface area contributed by atoms with Crippen LogP contribution in [0.4, 0.5) is 8.78 Å². The summed E-state index contributed by atoms with van der Waals surface area (Å²) < 4.78 is 66.4. The Labute approximate surface area is 442 Å². The van der Waals surface area contributed by atoms with Crippen molar-refractivity contribution >= 4 is 46.6 Å². The van der Waals surface area contributed by atoms with Gasteiger partial charge in [0.05, 0.1) is 80.6 Å². The highest BCUT2D eigenvalue weighted by Gasteiger charge is 2.64. The van der Waals surface area contributed by atoms with Crippen molar-refractivity contribution in [1.82, 2.24) is 16.0 Å². The highest BCUT2D eigenvalue weighted by atomic mass is 35.5. The fourth-order valence-corrected chi connectivity index (χ4v) is 11.0. The van der Waals surface area contributed by atoms with Gasteiger partial charge in [-0.05, 0) is 72.0 Å². The van der Waals surface area contributed by atoms with Crippen molar-refractivity contribution in [3.63, 3.8) is 0 Å². The molecule has 0 radical (unpaired) electrons. The average Bonchev–Trinajstić information content (AvgIpc) is 3.65. The molecule has 392 valence electrons. The summed E-state index contributed by atoms with van der Waals surface area (Å²) in [5.41, 5.74) is -1.98. The summed E-state index contributed by atoms with van der Waals surface area (Å²) in [6.07, 6.45) is 0.137. The van der Waals surface area contributed by atoms with Gasteiger partial charge < -0.3 is 44.4 Å². The topological polar surface area (TPSA) is 173 Å².